The number of hydrogen-bond acceptors (Lipinski definition) is 13. The van der Waals surface area contributed by atoms with Crippen molar-refractivity contribution >= 4 is 117 Å². The van der Waals surface area contributed by atoms with E-state index in [9.17, 15) is 21.6 Å². The predicted molar refractivity (Wildman–Crippen MR) is 335 cm³/mol. The maximum Gasteiger partial charge on any atom is 0.323 e. The van der Waals surface area contributed by atoms with Crippen LogP contribution in [0.15, 0.2) is 170 Å². The lowest BCUT2D eigenvalue weighted by Gasteiger charge is -2.26. The molecule has 0 aliphatic rings. The van der Waals surface area contributed by atoms with Gasteiger partial charge in [-0.1, -0.05) is 191 Å². The van der Waals surface area contributed by atoms with E-state index in [1.807, 2.05) is 59.3 Å². The molecule has 0 unspecified atom stereocenters. The fourth-order valence-electron chi connectivity index (χ4n) is 8.16. The summed E-state index contributed by atoms with van der Waals surface area (Å²) in [5.41, 5.74) is 14.4. The average molecular weight is 1200 g/mol. The molecule has 6 N–H and O–H groups in total. The SMILES string of the molecule is CS(=O)(=O)Nc1ccc(-c2nc(N)sc2Cl)cc1.CSCCN(CCC(c1ccccc1)c1ccccc1)C(=O)Nc1nc(-c2ccc(NS(C)(=O)=O)cc2)c(Cl)s1.CSCCNCCC(c1ccccc1)c1ccccc1. The number of hydrogen-bond donors (Lipinski definition) is 5. The van der Waals surface area contributed by atoms with E-state index in [1.54, 1.807) is 60.3 Å². The van der Waals surface area contributed by atoms with Crippen LogP contribution in [0.1, 0.15) is 46.9 Å². The van der Waals surface area contributed by atoms with Crippen LogP contribution >= 0.6 is 69.4 Å². The van der Waals surface area contributed by atoms with Crippen molar-refractivity contribution in [1.82, 2.24) is 20.2 Å². The van der Waals surface area contributed by atoms with Gasteiger partial charge in [-0.15, -0.1) is 0 Å². The molecule has 2 aromatic heterocycles. The number of urea groups is 1. The number of anilines is 4. The number of rotatable bonds is 23. The Labute approximate surface area is 486 Å². The minimum Gasteiger partial charge on any atom is -0.375 e. The van der Waals surface area contributed by atoms with Crippen molar-refractivity contribution in [1.29, 1.82) is 0 Å². The second-order valence-corrected chi connectivity index (χ2v) is 26.4. The van der Waals surface area contributed by atoms with E-state index < -0.39 is 20.0 Å². The molecule has 0 spiro atoms. The molecule has 8 rings (SSSR count). The Hall–Kier alpha value is -5.61. The second kappa shape index (κ2) is 31.3. The molecule has 2 heterocycles. The van der Waals surface area contributed by atoms with Gasteiger partial charge in [0.1, 0.15) is 20.1 Å². The normalized spacial score (nSPS) is 11.3. The van der Waals surface area contributed by atoms with Gasteiger partial charge in [0.15, 0.2) is 10.3 Å². The molecule has 78 heavy (non-hydrogen) atoms. The summed E-state index contributed by atoms with van der Waals surface area (Å²) in [6.07, 6.45) is 8.28. The number of nitrogen functional groups attached to an aromatic ring is 1. The van der Waals surface area contributed by atoms with E-state index in [2.05, 4.69) is 121 Å². The summed E-state index contributed by atoms with van der Waals surface area (Å²) in [4.78, 5) is 23.9. The molecule has 0 fully saturated rings. The number of benzene rings is 6. The van der Waals surface area contributed by atoms with Gasteiger partial charge in [-0.05, 0) is 78.4 Å². The fraction of sp³-hybridized carbons (Fsp3) is 0.246. The number of nitrogens with two attached hydrogens (primary N) is 1. The lowest BCUT2D eigenvalue weighted by atomic mass is 9.88. The highest BCUT2D eigenvalue weighted by Gasteiger charge is 2.22. The maximum atomic E-state index is 13.4. The van der Waals surface area contributed by atoms with Gasteiger partial charge in [0.05, 0.1) is 12.5 Å². The number of sulfonamides is 2. The number of nitrogens with zero attached hydrogens (tertiary/aromatic N) is 3. The number of halogens is 2. The van der Waals surface area contributed by atoms with E-state index in [0.29, 0.717) is 66.3 Å². The third kappa shape index (κ3) is 20.6. The standard InChI is InChI=1S/C29H31ClN4O3S3.C18H23NS.C10H10ClN3O2S2/c1-38-20-19-34(18-17-25(21-9-5-3-6-10-21)22-11-7-4-8-12-22)29(35)32-28-31-26(27(30)39-28)23-13-15-24(16-14-23)33-40(2,36)37;1-20-15-14-19-13-12-18(16-8-4-2-5-9-16)17-10-6-3-7-11-17;1-18(15,16)14-7-4-2-6(3-5-7)8-9(11)17-10(12)13-8/h3-16,25,33H,17-20H2,1-2H3,(H,31,32,35);2-11,18-19H,12-15H2,1H3;2-5,14H,1H3,(H2,12,13). The Morgan fingerprint density at radius 3 is 1.37 bits per heavy atom. The smallest absolute Gasteiger partial charge is 0.323 e. The molecule has 2 amide bonds. The van der Waals surface area contributed by atoms with Crippen LogP contribution in [-0.2, 0) is 20.0 Å². The molecular weight excluding hydrogens is 1140 g/mol. The summed E-state index contributed by atoms with van der Waals surface area (Å²) in [6.45, 7) is 3.33. The maximum absolute atomic E-state index is 13.4. The number of nitrogens with one attached hydrogen (secondary N) is 4. The van der Waals surface area contributed by atoms with Gasteiger partial charge in [0, 0.05) is 65.5 Å². The van der Waals surface area contributed by atoms with E-state index in [0.717, 1.165) is 49.8 Å². The molecule has 6 aromatic carbocycles. The predicted octanol–water partition coefficient (Wildman–Crippen LogP) is 13.8. The first-order valence-electron chi connectivity index (χ1n) is 24.7. The van der Waals surface area contributed by atoms with Crippen molar-refractivity contribution in [2.75, 3.05) is 83.2 Å². The van der Waals surface area contributed by atoms with Gasteiger partial charge in [-0.2, -0.15) is 23.5 Å². The molecule has 412 valence electrons. The van der Waals surface area contributed by atoms with Gasteiger partial charge >= 0.3 is 6.03 Å². The number of thioether (sulfide) groups is 2. The minimum atomic E-state index is -3.37. The zero-order valence-electron chi connectivity index (χ0n) is 43.6. The zero-order valence-corrected chi connectivity index (χ0v) is 50.1. The van der Waals surface area contributed by atoms with E-state index in [4.69, 9.17) is 28.9 Å². The van der Waals surface area contributed by atoms with E-state index in [1.165, 1.54) is 50.7 Å². The third-order valence-electron chi connectivity index (χ3n) is 11.8. The first-order valence-corrected chi connectivity index (χ1v) is 33.6. The van der Waals surface area contributed by atoms with Gasteiger partial charge in [-0.3, -0.25) is 14.8 Å². The van der Waals surface area contributed by atoms with Crippen LogP contribution in [-0.4, -0.2) is 100 Å². The highest BCUT2D eigenvalue weighted by Crippen LogP contribution is 2.37. The Kier molecular flexibility index (Phi) is 24.7. The van der Waals surface area contributed by atoms with Crippen molar-refractivity contribution < 1.29 is 21.6 Å². The Balaban J connectivity index is 0.000000215. The quantitative estimate of drug-likeness (QED) is 0.0383. The van der Waals surface area contributed by atoms with Crippen LogP contribution in [0.3, 0.4) is 0 Å². The summed E-state index contributed by atoms with van der Waals surface area (Å²) in [5, 5.41) is 7.27. The molecule has 0 saturated carbocycles. The zero-order chi connectivity index (χ0) is 55.9. The first kappa shape index (κ1) is 61.6. The van der Waals surface area contributed by atoms with Crippen LogP contribution in [0.2, 0.25) is 8.67 Å². The monoisotopic (exact) mass is 1200 g/mol. The molecule has 0 radical (unpaired) electrons. The second-order valence-electron chi connectivity index (χ2n) is 17.7. The molecule has 0 bridgehead atoms. The average Bonchev–Trinajstić information content (AvgIpc) is 3.98. The molecular formula is C57H64Cl2N8O5S6. The Morgan fingerprint density at radius 1 is 0.564 bits per heavy atom. The number of thiazole rings is 2. The summed E-state index contributed by atoms with van der Waals surface area (Å²) in [7, 11) is -6.64. The summed E-state index contributed by atoms with van der Waals surface area (Å²) in [5.74, 6) is 2.64. The molecule has 0 saturated heterocycles. The Bertz CT molecular complexity index is 3210. The molecule has 0 atom stereocenters. The van der Waals surface area contributed by atoms with Gasteiger partial charge < -0.3 is 16.0 Å². The summed E-state index contributed by atoms with van der Waals surface area (Å²) >= 11 is 18.4. The fourth-order valence-corrected chi connectivity index (χ4v) is 12.1. The van der Waals surface area contributed by atoms with Crippen molar-refractivity contribution in [3.8, 4) is 22.5 Å². The van der Waals surface area contributed by atoms with Crippen LogP contribution in [0, 0.1) is 0 Å². The highest BCUT2D eigenvalue weighted by atomic mass is 35.5. The summed E-state index contributed by atoms with van der Waals surface area (Å²) < 4.78 is 50.8. The van der Waals surface area contributed by atoms with Crippen molar-refractivity contribution in [3.63, 3.8) is 0 Å². The summed E-state index contributed by atoms with van der Waals surface area (Å²) in [6, 6.07) is 55.6. The van der Waals surface area contributed by atoms with Crippen LogP contribution in [0.25, 0.3) is 22.5 Å². The van der Waals surface area contributed by atoms with Crippen molar-refractivity contribution in [2.24, 2.45) is 0 Å². The lowest BCUT2D eigenvalue weighted by molar-refractivity contribution is 0.213. The van der Waals surface area contributed by atoms with Crippen molar-refractivity contribution in [3.05, 3.63) is 201 Å². The number of amides is 2. The van der Waals surface area contributed by atoms with Crippen LogP contribution < -0.4 is 25.8 Å². The molecule has 21 heteroatoms. The minimum absolute atomic E-state index is 0.160. The first-order chi connectivity index (χ1) is 37.5. The third-order valence-corrected chi connectivity index (χ3v) is 16.4. The molecule has 8 aromatic rings. The highest BCUT2D eigenvalue weighted by molar-refractivity contribution is 7.98. The van der Waals surface area contributed by atoms with E-state index >= 15 is 0 Å². The van der Waals surface area contributed by atoms with Crippen LogP contribution in [0.5, 0.6) is 0 Å². The van der Waals surface area contributed by atoms with Gasteiger partial charge in [-0.25, -0.2) is 31.6 Å². The Morgan fingerprint density at radius 2 is 0.974 bits per heavy atom. The largest absolute Gasteiger partial charge is 0.375 e. The lowest BCUT2D eigenvalue weighted by Crippen LogP contribution is -2.38. The van der Waals surface area contributed by atoms with Crippen LogP contribution in [0.4, 0.5) is 26.4 Å². The van der Waals surface area contributed by atoms with E-state index in [-0.39, 0.29) is 11.9 Å². The number of carbonyl (C=O) groups is 1. The van der Waals surface area contributed by atoms with Gasteiger partial charge in [0.25, 0.3) is 0 Å². The van der Waals surface area contributed by atoms with Crippen molar-refractivity contribution in [2.45, 2.75) is 24.7 Å². The van der Waals surface area contributed by atoms with Gasteiger partial charge in [0.2, 0.25) is 20.0 Å². The molecule has 13 nitrogen and oxygen atoms in total. The molecule has 0 aliphatic heterocycles. The molecule has 0 aliphatic carbocycles. The number of aromatic nitrogens is 2. The topological polar surface area (TPSA) is 189 Å². The number of carbonyl (C=O) groups excluding carboxylic acids is 1.